The van der Waals surface area contributed by atoms with Crippen LogP contribution in [0, 0.1) is 0 Å². The van der Waals surface area contributed by atoms with Crippen LogP contribution < -0.4 is 0 Å². The molecule has 0 spiro atoms. The molecule has 0 N–H and O–H groups in total. The van der Waals surface area contributed by atoms with Crippen LogP contribution in [0.15, 0.2) is 138 Å². The largest absolute Gasteiger partial charge is 0.456 e. The Morgan fingerprint density at radius 2 is 1.15 bits per heavy atom. The molecule has 0 radical (unpaired) electrons. The number of benzene rings is 5. The predicted octanol–water partition coefficient (Wildman–Crippen LogP) is 8.99. The first-order chi connectivity index (χ1) is 20.3. The van der Waals surface area contributed by atoms with Crippen LogP contribution in [0.5, 0.6) is 0 Å². The molecule has 5 heteroatoms. The van der Waals surface area contributed by atoms with Gasteiger partial charge in [0.05, 0.1) is 5.52 Å². The van der Waals surface area contributed by atoms with Crippen molar-refractivity contribution in [3.63, 3.8) is 0 Å². The molecule has 3 heterocycles. The Kier molecular flexibility index (Phi) is 5.38. The number of nitrogens with zero attached hydrogens (tertiary/aromatic N) is 4. The van der Waals surface area contributed by atoms with Crippen LogP contribution in [0.3, 0.4) is 0 Å². The summed E-state index contributed by atoms with van der Waals surface area (Å²) in [4.78, 5) is 19.8. The highest BCUT2D eigenvalue weighted by Crippen LogP contribution is 2.36. The molecule has 8 rings (SSSR count). The normalized spacial score (nSPS) is 11.4. The van der Waals surface area contributed by atoms with Gasteiger partial charge >= 0.3 is 0 Å². The smallest absolute Gasteiger partial charge is 0.182 e. The summed E-state index contributed by atoms with van der Waals surface area (Å²) in [5.74, 6) is 1.69. The van der Waals surface area contributed by atoms with Crippen LogP contribution in [0.25, 0.3) is 78.3 Å². The van der Waals surface area contributed by atoms with Crippen molar-refractivity contribution in [3.8, 4) is 45.4 Å². The average Bonchev–Trinajstić information content (AvgIpc) is 3.44. The molecule has 0 atom stereocenters. The third kappa shape index (κ3) is 4.12. The summed E-state index contributed by atoms with van der Waals surface area (Å²) in [6.07, 6.45) is 0. The number of rotatable bonds is 4. The number of aromatic nitrogens is 4. The molecule has 0 unspecified atom stereocenters. The summed E-state index contributed by atoms with van der Waals surface area (Å²) in [5.41, 5.74) is 7.33. The van der Waals surface area contributed by atoms with Crippen LogP contribution >= 0.6 is 0 Å². The van der Waals surface area contributed by atoms with E-state index in [0.717, 1.165) is 49.5 Å². The Bertz CT molecular complexity index is 2210. The number of fused-ring (bicyclic) bond motifs is 4. The summed E-state index contributed by atoms with van der Waals surface area (Å²) >= 11 is 0. The van der Waals surface area contributed by atoms with Crippen LogP contribution in [0.2, 0.25) is 0 Å². The van der Waals surface area contributed by atoms with Gasteiger partial charge in [-0.25, -0.2) is 19.9 Å². The standard InChI is InChI=1S/C36H22N4O/c1-3-10-23(11-4-1)25-18-20-29-26(22-25)19-21-30(37-29)36-39-34(24-12-5-2-6-13-24)38-35(40-36)28-15-9-17-32-33(28)27-14-7-8-16-31(27)41-32/h1-22H. The van der Waals surface area contributed by atoms with Gasteiger partial charge in [-0.2, -0.15) is 0 Å². The van der Waals surface area contributed by atoms with E-state index >= 15 is 0 Å². The number of furan rings is 1. The van der Waals surface area contributed by atoms with E-state index in [2.05, 4.69) is 54.6 Å². The number of hydrogen-bond acceptors (Lipinski definition) is 5. The van der Waals surface area contributed by atoms with Gasteiger partial charge in [0.15, 0.2) is 17.5 Å². The van der Waals surface area contributed by atoms with Gasteiger partial charge in [0.2, 0.25) is 0 Å². The predicted molar refractivity (Wildman–Crippen MR) is 164 cm³/mol. The Morgan fingerprint density at radius 3 is 2.00 bits per heavy atom. The zero-order chi connectivity index (χ0) is 27.2. The van der Waals surface area contributed by atoms with Gasteiger partial charge in [0.25, 0.3) is 0 Å². The van der Waals surface area contributed by atoms with Crippen molar-refractivity contribution in [1.82, 2.24) is 19.9 Å². The van der Waals surface area contributed by atoms with Crippen LogP contribution in [-0.4, -0.2) is 19.9 Å². The van der Waals surface area contributed by atoms with Gasteiger partial charge in [-0.15, -0.1) is 0 Å². The van der Waals surface area contributed by atoms with Crippen molar-refractivity contribution in [2.75, 3.05) is 0 Å². The molecule has 192 valence electrons. The minimum Gasteiger partial charge on any atom is -0.456 e. The van der Waals surface area contributed by atoms with Crippen molar-refractivity contribution in [2.24, 2.45) is 0 Å². The molecule has 5 nitrogen and oxygen atoms in total. The van der Waals surface area contributed by atoms with E-state index in [1.807, 2.05) is 78.9 Å². The number of para-hydroxylation sites is 1. The zero-order valence-corrected chi connectivity index (χ0v) is 21.9. The lowest BCUT2D eigenvalue weighted by atomic mass is 10.0. The molecule has 8 aromatic rings. The summed E-state index contributed by atoms with van der Waals surface area (Å²) in [6, 6.07) is 44.8. The lowest BCUT2D eigenvalue weighted by Crippen LogP contribution is -2.01. The lowest BCUT2D eigenvalue weighted by molar-refractivity contribution is 0.669. The van der Waals surface area contributed by atoms with Crippen molar-refractivity contribution in [3.05, 3.63) is 133 Å². The topological polar surface area (TPSA) is 64.7 Å². The molecule has 3 aromatic heterocycles. The first-order valence-electron chi connectivity index (χ1n) is 13.5. The summed E-state index contributed by atoms with van der Waals surface area (Å²) < 4.78 is 6.15. The quantitative estimate of drug-likeness (QED) is 0.229. The number of pyridine rings is 1. The molecular weight excluding hydrogens is 504 g/mol. The van der Waals surface area contributed by atoms with E-state index in [1.54, 1.807) is 0 Å². The highest BCUT2D eigenvalue weighted by Gasteiger charge is 2.18. The van der Waals surface area contributed by atoms with E-state index in [-0.39, 0.29) is 0 Å². The van der Waals surface area contributed by atoms with Gasteiger partial charge in [-0.1, -0.05) is 103 Å². The van der Waals surface area contributed by atoms with Crippen LogP contribution in [0.1, 0.15) is 0 Å². The van der Waals surface area contributed by atoms with Crippen molar-refractivity contribution in [1.29, 1.82) is 0 Å². The first kappa shape index (κ1) is 23.2. The fourth-order valence-electron chi connectivity index (χ4n) is 5.35. The summed E-state index contributed by atoms with van der Waals surface area (Å²) in [5, 5.41) is 3.07. The third-order valence-corrected chi connectivity index (χ3v) is 7.34. The maximum Gasteiger partial charge on any atom is 0.182 e. The molecule has 0 fully saturated rings. The van der Waals surface area contributed by atoms with E-state index in [4.69, 9.17) is 24.4 Å². The van der Waals surface area contributed by atoms with Gasteiger partial charge in [0.1, 0.15) is 16.9 Å². The van der Waals surface area contributed by atoms with Crippen LogP contribution in [0.4, 0.5) is 0 Å². The van der Waals surface area contributed by atoms with Gasteiger partial charge in [0, 0.05) is 27.3 Å². The fourth-order valence-corrected chi connectivity index (χ4v) is 5.35. The molecular formula is C36H22N4O. The lowest BCUT2D eigenvalue weighted by Gasteiger charge is -2.10. The van der Waals surface area contributed by atoms with Gasteiger partial charge in [-0.05, 0) is 41.5 Å². The summed E-state index contributed by atoms with van der Waals surface area (Å²) in [6.45, 7) is 0. The van der Waals surface area contributed by atoms with E-state index in [0.29, 0.717) is 23.2 Å². The molecule has 41 heavy (non-hydrogen) atoms. The van der Waals surface area contributed by atoms with Crippen molar-refractivity contribution >= 4 is 32.8 Å². The maximum absolute atomic E-state index is 6.15. The average molecular weight is 527 g/mol. The zero-order valence-electron chi connectivity index (χ0n) is 21.9. The fraction of sp³-hybridized carbons (Fsp3) is 0. The molecule has 5 aromatic carbocycles. The van der Waals surface area contributed by atoms with Crippen LogP contribution in [-0.2, 0) is 0 Å². The van der Waals surface area contributed by atoms with E-state index in [1.165, 1.54) is 5.56 Å². The first-order valence-corrected chi connectivity index (χ1v) is 13.5. The molecule has 0 bridgehead atoms. The van der Waals surface area contributed by atoms with Gasteiger partial charge < -0.3 is 4.42 Å². The molecule has 0 aliphatic rings. The van der Waals surface area contributed by atoms with E-state index < -0.39 is 0 Å². The SMILES string of the molecule is c1ccc(-c2ccc3nc(-c4nc(-c5ccccc5)nc(-c5cccc6oc7ccccc7c56)n4)ccc3c2)cc1. The Labute approximate surface area is 235 Å². The Balaban J connectivity index is 1.31. The van der Waals surface area contributed by atoms with Gasteiger partial charge in [-0.3, -0.25) is 0 Å². The maximum atomic E-state index is 6.15. The molecule has 0 saturated carbocycles. The van der Waals surface area contributed by atoms with Crippen molar-refractivity contribution in [2.45, 2.75) is 0 Å². The second-order valence-corrected chi connectivity index (χ2v) is 9.92. The second kappa shape index (κ2) is 9.50. The molecule has 0 amide bonds. The highest BCUT2D eigenvalue weighted by atomic mass is 16.3. The summed E-state index contributed by atoms with van der Waals surface area (Å²) in [7, 11) is 0. The molecule has 0 aliphatic carbocycles. The minimum atomic E-state index is 0.521. The molecule has 0 aliphatic heterocycles. The third-order valence-electron chi connectivity index (χ3n) is 7.34. The van der Waals surface area contributed by atoms with E-state index in [9.17, 15) is 0 Å². The highest BCUT2D eigenvalue weighted by molar-refractivity contribution is 6.11. The number of hydrogen-bond donors (Lipinski definition) is 0. The molecule has 0 saturated heterocycles. The Hall–Kier alpha value is -5.68. The monoisotopic (exact) mass is 526 g/mol. The Morgan fingerprint density at radius 1 is 0.439 bits per heavy atom. The second-order valence-electron chi connectivity index (χ2n) is 9.92. The van der Waals surface area contributed by atoms with Crippen molar-refractivity contribution < 1.29 is 4.42 Å². The minimum absolute atomic E-state index is 0.521.